The number of hydrogen-bond acceptors (Lipinski definition) is 4. The van der Waals surface area contributed by atoms with Gasteiger partial charge >= 0.3 is 0 Å². The van der Waals surface area contributed by atoms with Gasteiger partial charge in [0, 0.05) is 10.7 Å². The van der Waals surface area contributed by atoms with E-state index in [1.165, 1.54) is 0 Å². The van der Waals surface area contributed by atoms with Gasteiger partial charge in [-0.05, 0) is 24.1 Å². The molecule has 4 nitrogen and oxygen atoms in total. The Labute approximate surface area is 98.5 Å². The molecule has 6 heteroatoms. The Kier molecular flexibility index (Phi) is 3.25. The molecule has 0 aromatic heterocycles. The molecule has 0 bridgehead atoms. The smallest absolute Gasteiger partial charge is 0.232 e. The largest absolute Gasteiger partial charge is 0.486 e. The maximum Gasteiger partial charge on any atom is 0.232 e. The first-order valence-electron chi connectivity index (χ1n) is 4.85. The third-order valence-corrected chi connectivity index (χ3v) is 3.40. The minimum Gasteiger partial charge on any atom is -0.486 e. The Morgan fingerprint density at radius 3 is 2.56 bits per heavy atom. The summed E-state index contributed by atoms with van der Waals surface area (Å²) in [7, 11) is 1.70. The fourth-order valence-electron chi connectivity index (χ4n) is 1.48. The number of aryl methyl sites for hydroxylation is 1. The maximum atomic E-state index is 10.8. The van der Waals surface area contributed by atoms with E-state index >= 15 is 0 Å². The van der Waals surface area contributed by atoms with E-state index in [1.54, 1.807) is 12.1 Å². The van der Waals surface area contributed by atoms with Gasteiger partial charge in [0.25, 0.3) is 0 Å². The summed E-state index contributed by atoms with van der Waals surface area (Å²) in [5, 5.41) is 0. The van der Waals surface area contributed by atoms with E-state index in [9.17, 15) is 8.42 Å². The van der Waals surface area contributed by atoms with Crippen LogP contribution in [-0.4, -0.2) is 27.4 Å². The molecule has 0 N–H and O–H groups in total. The van der Waals surface area contributed by atoms with Crippen molar-refractivity contribution >= 4 is 19.7 Å². The van der Waals surface area contributed by atoms with Gasteiger partial charge in [-0.15, -0.1) is 0 Å². The van der Waals surface area contributed by atoms with E-state index in [0.29, 0.717) is 31.1 Å². The van der Waals surface area contributed by atoms with Gasteiger partial charge in [-0.1, -0.05) is 6.07 Å². The lowest BCUT2D eigenvalue weighted by molar-refractivity contribution is 0.171. The second-order valence-corrected chi connectivity index (χ2v) is 6.37. The highest BCUT2D eigenvalue weighted by atomic mass is 35.7. The molecule has 88 valence electrons. The van der Waals surface area contributed by atoms with Crippen molar-refractivity contribution in [3.05, 3.63) is 23.8 Å². The van der Waals surface area contributed by atoms with Gasteiger partial charge in [0.05, 0.1) is 5.75 Å². The Balaban J connectivity index is 2.11. The van der Waals surface area contributed by atoms with Gasteiger partial charge in [-0.2, -0.15) is 0 Å². The molecule has 1 aliphatic heterocycles. The van der Waals surface area contributed by atoms with Crippen molar-refractivity contribution in [3.63, 3.8) is 0 Å². The van der Waals surface area contributed by atoms with Crippen LogP contribution in [0, 0.1) is 0 Å². The fraction of sp³-hybridized carbons (Fsp3) is 0.400. The molecule has 1 aliphatic rings. The Morgan fingerprint density at radius 2 is 1.88 bits per heavy atom. The first-order valence-corrected chi connectivity index (χ1v) is 7.33. The number of ether oxygens (including phenoxy) is 2. The van der Waals surface area contributed by atoms with Gasteiger partial charge < -0.3 is 9.47 Å². The quantitative estimate of drug-likeness (QED) is 0.776. The maximum absolute atomic E-state index is 10.8. The summed E-state index contributed by atoms with van der Waals surface area (Å²) in [6.45, 7) is 1.06. The van der Waals surface area contributed by atoms with Crippen LogP contribution in [0.4, 0.5) is 0 Å². The zero-order chi connectivity index (χ0) is 11.6. The van der Waals surface area contributed by atoms with Gasteiger partial charge in [0.1, 0.15) is 13.2 Å². The number of rotatable bonds is 3. The summed E-state index contributed by atoms with van der Waals surface area (Å²) in [6.07, 6.45) is 0.377. The number of fused-ring (bicyclic) bond motifs is 1. The molecule has 0 saturated carbocycles. The lowest BCUT2D eigenvalue weighted by Crippen LogP contribution is -2.15. The van der Waals surface area contributed by atoms with Crippen molar-refractivity contribution in [2.75, 3.05) is 19.0 Å². The van der Waals surface area contributed by atoms with Crippen LogP contribution in [0.5, 0.6) is 11.5 Å². The van der Waals surface area contributed by atoms with Gasteiger partial charge in [0.2, 0.25) is 9.05 Å². The van der Waals surface area contributed by atoms with Crippen LogP contribution < -0.4 is 9.47 Å². The van der Waals surface area contributed by atoms with E-state index in [0.717, 1.165) is 5.56 Å². The summed E-state index contributed by atoms with van der Waals surface area (Å²) in [6, 6.07) is 5.39. The highest BCUT2D eigenvalue weighted by molar-refractivity contribution is 8.13. The Bertz CT molecular complexity index is 484. The third-order valence-electron chi connectivity index (χ3n) is 2.24. The van der Waals surface area contributed by atoms with Crippen molar-refractivity contribution in [2.45, 2.75) is 6.42 Å². The molecule has 0 spiro atoms. The van der Waals surface area contributed by atoms with E-state index in [-0.39, 0.29) is 5.75 Å². The fourth-order valence-corrected chi connectivity index (χ4v) is 2.19. The van der Waals surface area contributed by atoms with E-state index < -0.39 is 9.05 Å². The van der Waals surface area contributed by atoms with Gasteiger partial charge in [-0.25, -0.2) is 8.42 Å². The summed E-state index contributed by atoms with van der Waals surface area (Å²) in [4.78, 5) is 0. The van der Waals surface area contributed by atoms with Crippen molar-refractivity contribution < 1.29 is 17.9 Å². The highest BCUT2D eigenvalue weighted by Gasteiger charge is 2.12. The molecule has 0 fully saturated rings. The highest BCUT2D eigenvalue weighted by Crippen LogP contribution is 2.30. The monoisotopic (exact) mass is 262 g/mol. The van der Waals surface area contributed by atoms with E-state index in [2.05, 4.69) is 0 Å². The molecule has 0 atom stereocenters. The van der Waals surface area contributed by atoms with Crippen LogP contribution in [0.1, 0.15) is 5.56 Å². The van der Waals surface area contributed by atoms with E-state index in [4.69, 9.17) is 20.2 Å². The summed E-state index contributed by atoms with van der Waals surface area (Å²) < 4.78 is 32.3. The predicted octanol–water partition coefficient (Wildman–Crippen LogP) is 1.57. The van der Waals surface area contributed by atoms with Crippen molar-refractivity contribution in [3.8, 4) is 11.5 Å². The minimum atomic E-state index is -3.44. The van der Waals surface area contributed by atoms with Crippen molar-refractivity contribution in [1.29, 1.82) is 0 Å². The van der Waals surface area contributed by atoms with Crippen molar-refractivity contribution in [1.82, 2.24) is 0 Å². The minimum absolute atomic E-state index is 0.0752. The molecule has 1 aromatic rings. The normalized spacial score (nSPS) is 14.8. The molecule has 0 unspecified atom stereocenters. The lowest BCUT2D eigenvalue weighted by Gasteiger charge is -2.18. The Hall–Kier alpha value is -0.940. The zero-order valence-corrected chi connectivity index (χ0v) is 10.1. The standard InChI is InChI=1S/C10H11ClO4S/c11-16(12,13)6-3-8-1-2-9-10(7-8)15-5-4-14-9/h1-2,7H,3-6H2. The topological polar surface area (TPSA) is 52.6 Å². The predicted molar refractivity (Wildman–Crippen MR) is 60.8 cm³/mol. The average Bonchev–Trinajstić information content (AvgIpc) is 2.25. The van der Waals surface area contributed by atoms with Crippen LogP contribution >= 0.6 is 10.7 Å². The molecule has 0 aliphatic carbocycles. The zero-order valence-electron chi connectivity index (χ0n) is 8.48. The second kappa shape index (κ2) is 4.51. The number of halogens is 1. The number of benzene rings is 1. The molecule has 1 heterocycles. The first kappa shape index (κ1) is 11.5. The second-order valence-electron chi connectivity index (χ2n) is 3.47. The van der Waals surface area contributed by atoms with E-state index in [1.807, 2.05) is 6.07 Å². The molecule has 2 rings (SSSR count). The van der Waals surface area contributed by atoms with Crippen LogP contribution in [-0.2, 0) is 15.5 Å². The molecule has 0 radical (unpaired) electrons. The van der Waals surface area contributed by atoms with Gasteiger partial charge in [0.15, 0.2) is 11.5 Å². The molecular formula is C10H11ClO4S. The van der Waals surface area contributed by atoms with Gasteiger partial charge in [-0.3, -0.25) is 0 Å². The average molecular weight is 263 g/mol. The molecule has 16 heavy (non-hydrogen) atoms. The number of hydrogen-bond donors (Lipinski definition) is 0. The summed E-state index contributed by atoms with van der Waals surface area (Å²) >= 11 is 0. The molecule has 0 amide bonds. The summed E-state index contributed by atoms with van der Waals surface area (Å²) in [5.41, 5.74) is 0.869. The third kappa shape index (κ3) is 3.02. The molecule has 1 aromatic carbocycles. The van der Waals surface area contributed by atoms with Crippen LogP contribution in [0.25, 0.3) is 0 Å². The van der Waals surface area contributed by atoms with Crippen molar-refractivity contribution in [2.24, 2.45) is 0 Å². The van der Waals surface area contributed by atoms with Crippen LogP contribution in [0.15, 0.2) is 18.2 Å². The molecule has 0 saturated heterocycles. The SMILES string of the molecule is O=S(=O)(Cl)CCc1ccc2c(c1)OCCO2. The summed E-state index contributed by atoms with van der Waals surface area (Å²) in [5.74, 6) is 1.29. The lowest BCUT2D eigenvalue weighted by atomic mass is 10.1. The molecular weight excluding hydrogens is 252 g/mol. The Morgan fingerprint density at radius 1 is 1.19 bits per heavy atom. The van der Waals surface area contributed by atoms with Crippen LogP contribution in [0.2, 0.25) is 0 Å². The first-order chi connectivity index (χ1) is 7.54. The van der Waals surface area contributed by atoms with Crippen LogP contribution in [0.3, 0.4) is 0 Å².